The molecule has 2 aromatic heterocycles. The van der Waals surface area contributed by atoms with Crippen LogP contribution in [0.3, 0.4) is 0 Å². The highest BCUT2D eigenvalue weighted by molar-refractivity contribution is 7.09. The first-order valence-electron chi connectivity index (χ1n) is 7.54. The van der Waals surface area contributed by atoms with Crippen LogP contribution >= 0.6 is 11.5 Å². The highest BCUT2D eigenvalue weighted by Gasteiger charge is 2.19. The van der Waals surface area contributed by atoms with E-state index in [2.05, 4.69) is 43.2 Å². The Morgan fingerprint density at radius 1 is 1.14 bits per heavy atom. The Hall–Kier alpha value is -1.53. The van der Waals surface area contributed by atoms with E-state index in [1.54, 1.807) is 0 Å². The van der Waals surface area contributed by atoms with Crippen LogP contribution in [-0.4, -0.2) is 52.0 Å². The van der Waals surface area contributed by atoms with Crippen LogP contribution in [0.4, 0.5) is 5.13 Å². The van der Waals surface area contributed by atoms with Gasteiger partial charge in [-0.05, 0) is 24.1 Å². The number of hydrogen-bond acceptors (Lipinski definition) is 6. The van der Waals surface area contributed by atoms with Gasteiger partial charge in [0.1, 0.15) is 5.82 Å². The van der Waals surface area contributed by atoms with Crippen LogP contribution in [0.15, 0.2) is 24.5 Å². The average Bonchev–Trinajstić information content (AvgIpc) is 3.03. The summed E-state index contributed by atoms with van der Waals surface area (Å²) in [4.78, 5) is 13.5. The van der Waals surface area contributed by atoms with E-state index in [1.807, 2.05) is 12.4 Å². The second-order valence-electron chi connectivity index (χ2n) is 5.28. The molecule has 0 N–H and O–H groups in total. The van der Waals surface area contributed by atoms with Gasteiger partial charge in [-0.1, -0.05) is 6.92 Å². The van der Waals surface area contributed by atoms with Crippen molar-refractivity contribution in [3.63, 3.8) is 0 Å². The van der Waals surface area contributed by atoms with Crippen molar-refractivity contribution in [2.24, 2.45) is 0 Å². The third-order valence-electron chi connectivity index (χ3n) is 3.88. The van der Waals surface area contributed by atoms with Crippen LogP contribution in [-0.2, 0) is 12.8 Å². The van der Waals surface area contributed by atoms with E-state index in [-0.39, 0.29) is 0 Å². The van der Waals surface area contributed by atoms with Crippen molar-refractivity contribution < 1.29 is 0 Å². The maximum absolute atomic E-state index is 4.58. The van der Waals surface area contributed by atoms with E-state index < -0.39 is 0 Å². The maximum Gasteiger partial charge on any atom is 0.205 e. The van der Waals surface area contributed by atoms with E-state index >= 15 is 0 Å². The standard InChI is InChI=1S/C15H21N5S/c1-2-14-17-15(21-18-14)20-11-9-19(10-12-20)8-5-13-3-6-16-7-4-13/h3-4,6-7H,2,5,8-12H2,1H3. The predicted molar refractivity (Wildman–Crippen MR) is 85.9 cm³/mol. The number of hydrogen-bond donors (Lipinski definition) is 0. The van der Waals surface area contributed by atoms with Crippen LogP contribution in [0, 0.1) is 0 Å². The van der Waals surface area contributed by atoms with E-state index in [1.165, 1.54) is 17.1 Å². The highest BCUT2D eigenvalue weighted by atomic mass is 32.1. The van der Waals surface area contributed by atoms with Crippen molar-refractivity contribution in [1.29, 1.82) is 0 Å². The number of rotatable bonds is 5. The third kappa shape index (κ3) is 3.77. The monoisotopic (exact) mass is 303 g/mol. The Balaban J connectivity index is 1.46. The lowest BCUT2D eigenvalue weighted by Crippen LogP contribution is -2.47. The van der Waals surface area contributed by atoms with E-state index in [4.69, 9.17) is 0 Å². The summed E-state index contributed by atoms with van der Waals surface area (Å²) in [7, 11) is 0. The first kappa shape index (κ1) is 14.4. The Bertz CT molecular complexity index is 548. The maximum atomic E-state index is 4.58. The Morgan fingerprint density at radius 2 is 1.90 bits per heavy atom. The minimum absolute atomic E-state index is 0.919. The van der Waals surface area contributed by atoms with Gasteiger partial charge >= 0.3 is 0 Å². The average molecular weight is 303 g/mol. The Kier molecular flexibility index (Phi) is 4.77. The van der Waals surface area contributed by atoms with E-state index in [9.17, 15) is 0 Å². The molecule has 112 valence electrons. The molecule has 0 aromatic carbocycles. The molecule has 0 radical (unpaired) electrons. The van der Waals surface area contributed by atoms with Crippen molar-refractivity contribution in [3.05, 3.63) is 35.9 Å². The molecule has 3 rings (SSSR count). The second-order valence-corrected chi connectivity index (χ2v) is 6.01. The molecule has 21 heavy (non-hydrogen) atoms. The van der Waals surface area contributed by atoms with Crippen molar-refractivity contribution >= 4 is 16.7 Å². The van der Waals surface area contributed by atoms with Gasteiger partial charge in [-0.25, -0.2) is 4.98 Å². The zero-order valence-corrected chi connectivity index (χ0v) is 13.2. The van der Waals surface area contributed by atoms with Crippen molar-refractivity contribution in [1.82, 2.24) is 19.2 Å². The molecule has 3 heterocycles. The molecular weight excluding hydrogens is 282 g/mol. The van der Waals surface area contributed by atoms with Gasteiger partial charge in [0.2, 0.25) is 5.13 Å². The number of aryl methyl sites for hydroxylation is 1. The van der Waals surface area contributed by atoms with Crippen molar-refractivity contribution in [3.8, 4) is 0 Å². The topological polar surface area (TPSA) is 45.2 Å². The summed E-state index contributed by atoms with van der Waals surface area (Å²) in [5.74, 6) is 0.968. The lowest BCUT2D eigenvalue weighted by atomic mass is 10.2. The van der Waals surface area contributed by atoms with E-state index in [0.717, 1.165) is 56.5 Å². The molecule has 0 bridgehead atoms. The number of nitrogens with zero attached hydrogens (tertiary/aromatic N) is 5. The summed E-state index contributed by atoms with van der Waals surface area (Å²) in [5, 5.41) is 1.08. The summed E-state index contributed by atoms with van der Waals surface area (Å²) in [6.07, 6.45) is 5.76. The summed E-state index contributed by atoms with van der Waals surface area (Å²) in [5.41, 5.74) is 1.36. The molecule has 0 atom stereocenters. The number of piperazine rings is 1. The van der Waals surface area contributed by atoms with Gasteiger partial charge in [0, 0.05) is 63.1 Å². The molecule has 0 amide bonds. The predicted octanol–water partition coefficient (Wildman–Crippen LogP) is 1.86. The molecule has 0 unspecified atom stereocenters. The van der Waals surface area contributed by atoms with Crippen LogP contribution in [0.5, 0.6) is 0 Å². The summed E-state index contributed by atoms with van der Waals surface area (Å²) in [6.45, 7) is 7.53. The van der Waals surface area contributed by atoms with Gasteiger partial charge in [0.25, 0.3) is 0 Å². The fourth-order valence-electron chi connectivity index (χ4n) is 2.52. The number of pyridine rings is 1. The van der Waals surface area contributed by atoms with Gasteiger partial charge in [-0.2, -0.15) is 4.37 Å². The van der Waals surface area contributed by atoms with Gasteiger partial charge in [-0.3, -0.25) is 9.88 Å². The lowest BCUT2D eigenvalue weighted by molar-refractivity contribution is 0.261. The normalized spacial score (nSPS) is 16.3. The molecule has 5 nitrogen and oxygen atoms in total. The first-order chi connectivity index (χ1) is 10.3. The number of anilines is 1. The van der Waals surface area contributed by atoms with Crippen LogP contribution < -0.4 is 4.90 Å². The van der Waals surface area contributed by atoms with Crippen LogP contribution in [0.25, 0.3) is 0 Å². The smallest absolute Gasteiger partial charge is 0.205 e. The van der Waals surface area contributed by atoms with Gasteiger partial charge in [0.15, 0.2) is 0 Å². The fourth-order valence-corrected chi connectivity index (χ4v) is 3.32. The fraction of sp³-hybridized carbons (Fsp3) is 0.533. The molecule has 1 saturated heterocycles. The van der Waals surface area contributed by atoms with Gasteiger partial charge in [0.05, 0.1) is 0 Å². The third-order valence-corrected chi connectivity index (χ3v) is 4.70. The van der Waals surface area contributed by atoms with Crippen molar-refractivity contribution in [2.75, 3.05) is 37.6 Å². The zero-order valence-electron chi connectivity index (χ0n) is 12.4. The molecular formula is C15H21N5S. The second kappa shape index (κ2) is 6.95. The van der Waals surface area contributed by atoms with Gasteiger partial charge < -0.3 is 4.90 Å². The molecule has 1 aliphatic rings. The van der Waals surface area contributed by atoms with Crippen molar-refractivity contribution in [2.45, 2.75) is 19.8 Å². The highest BCUT2D eigenvalue weighted by Crippen LogP contribution is 2.19. The molecule has 1 aliphatic heterocycles. The minimum Gasteiger partial charge on any atom is -0.344 e. The van der Waals surface area contributed by atoms with Crippen LogP contribution in [0.2, 0.25) is 0 Å². The first-order valence-corrected chi connectivity index (χ1v) is 8.31. The van der Waals surface area contributed by atoms with Gasteiger partial charge in [-0.15, -0.1) is 0 Å². The minimum atomic E-state index is 0.919. The molecule has 0 spiro atoms. The summed E-state index contributed by atoms with van der Waals surface area (Å²) in [6, 6.07) is 4.20. The van der Waals surface area contributed by atoms with E-state index in [0.29, 0.717) is 0 Å². The molecule has 1 fully saturated rings. The summed E-state index contributed by atoms with van der Waals surface area (Å²) < 4.78 is 4.37. The van der Waals surface area contributed by atoms with Crippen LogP contribution in [0.1, 0.15) is 18.3 Å². The molecule has 2 aromatic rings. The Labute approximate surface area is 129 Å². The lowest BCUT2D eigenvalue weighted by Gasteiger charge is -2.34. The SMILES string of the molecule is CCc1nsc(N2CCN(CCc3ccncc3)CC2)n1. The quantitative estimate of drug-likeness (QED) is 0.843. The Morgan fingerprint density at radius 3 is 2.57 bits per heavy atom. The molecule has 0 aliphatic carbocycles. The molecule has 6 heteroatoms. The largest absolute Gasteiger partial charge is 0.344 e. The number of aromatic nitrogens is 3. The summed E-state index contributed by atoms with van der Waals surface area (Å²) >= 11 is 1.53. The molecule has 0 saturated carbocycles. The zero-order chi connectivity index (χ0) is 14.5.